The summed E-state index contributed by atoms with van der Waals surface area (Å²) in [4.78, 5) is 22.2. The zero-order valence-corrected chi connectivity index (χ0v) is 10.7. The first-order valence-corrected chi connectivity index (χ1v) is 5.92. The lowest BCUT2D eigenvalue weighted by atomic mass is 10.2. The highest BCUT2D eigenvalue weighted by atomic mass is 35.5. The summed E-state index contributed by atoms with van der Waals surface area (Å²) < 4.78 is 0. The normalized spacial score (nSPS) is 11.7. The fourth-order valence-corrected chi connectivity index (χ4v) is 1.59. The summed E-state index contributed by atoms with van der Waals surface area (Å²) in [6.45, 7) is 1.98. The van der Waals surface area contributed by atoms with Crippen LogP contribution in [0, 0.1) is 0 Å². The van der Waals surface area contributed by atoms with Crippen LogP contribution in [0.4, 0.5) is 4.79 Å². The van der Waals surface area contributed by atoms with Crippen molar-refractivity contribution >= 4 is 23.6 Å². The highest BCUT2D eigenvalue weighted by Crippen LogP contribution is 2.10. The van der Waals surface area contributed by atoms with Crippen molar-refractivity contribution in [1.29, 1.82) is 0 Å². The number of benzene rings is 1. The van der Waals surface area contributed by atoms with Gasteiger partial charge >= 0.3 is 12.0 Å². The van der Waals surface area contributed by atoms with Crippen molar-refractivity contribution in [2.45, 2.75) is 25.9 Å². The number of rotatable bonds is 5. The van der Waals surface area contributed by atoms with E-state index in [-0.39, 0.29) is 0 Å². The number of hydrogen-bond donors (Lipinski definition) is 3. The predicted molar refractivity (Wildman–Crippen MR) is 68.5 cm³/mol. The SMILES string of the molecule is CCC(NC(=O)NCc1cccc(Cl)c1)C(=O)O. The van der Waals surface area contributed by atoms with Gasteiger partial charge in [-0.25, -0.2) is 9.59 Å². The van der Waals surface area contributed by atoms with Gasteiger partial charge in [-0.1, -0.05) is 30.7 Å². The molecule has 0 saturated heterocycles. The molecule has 1 aromatic rings. The van der Waals surface area contributed by atoms with Crippen LogP contribution in [0.15, 0.2) is 24.3 Å². The lowest BCUT2D eigenvalue weighted by Gasteiger charge is -2.13. The summed E-state index contributed by atoms with van der Waals surface area (Å²) in [6, 6.07) is 5.69. The summed E-state index contributed by atoms with van der Waals surface area (Å²) in [5, 5.41) is 14.3. The van der Waals surface area contributed by atoms with Crippen molar-refractivity contribution in [1.82, 2.24) is 10.6 Å². The molecule has 0 aliphatic heterocycles. The van der Waals surface area contributed by atoms with Gasteiger partial charge in [0.1, 0.15) is 6.04 Å². The van der Waals surface area contributed by atoms with Crippen LogP contribution in [0.5, 0.6) is 0 Å². The zero-order chi connectivity index (χ0) is 13.5. The van der Waals surface area contributed by atoms with E-state index in [4.69, 9.17) is 16.7 Å². The minimum absolute atomic E-state index is 0.294. The Balaban J connectivity index is 2.44. The van der Waals surface area contributed by atoms with Crippen molar-refractivity contribution in [2.24, 2.45) is 0 Å². The molecular weight excluding hydrogens is 256 g/mol. The molecule has 0 saturated carbocycles. The minimum Gasteiger partial charge on any atom is -0.480 e. The molecule has 0 aliphatic rings. The Hall–Kier alpha value is -1.75. The second kappa shape index (κ2) is 6.86. The van der Waals surface area contributed by atoms with Gasteiger partial charge in [-0.15, -0.1) is 0 Å². The number of nitrogens with one attached hydrogen (secondary N) is 2. The molecule has 0 fully saturated rings. The highest BCUT2D eigenvalue weighted by molar-refractivity contribution is 6.30. The molecule has 2 amide bonds. The third kappa shape index (κ3) is 4.63. The van der Waals surface area contributed by atoms with Gasteiger partial charge in [0.15, 0.2) is 0 Å². The van der Waals surface area contributed by atoms with Crippen molar-refractivity contribution in [3.8, 4) is 0 Å². The highest BCUT2D eigenvalue weighted by Gasteiger charge is 2.16. The number of hydrogen-bond acceptors (Lipinski definition) is 2. The fraction of sp³-hybridized carbons (Fsp3) is 0.333. The number of amides is 2. The molecule has 5 nitrogen and oxygen atoms in total. The number of aliphatic carboxylic acids is 1. The van der Waals surface area contributed by atoms with E-state index in [2.05, 4.69) is 10.6 Å². The van der Waals surface area contributed by atoms with E-state index >= 15 is 0 Å². The molecule has 0 bridgehead atoms. The number of urea groups is 1. The van der Waals surface area contributed by atoms with E-state index in [1.807, 2.05) is 6.07 Å². The van der Waals surface area contributed by atoms with Crippen LogP contribution >= 0.6 is 11.6 Å². The van der Waals surface area contributed by atoms with Crippen molar-refractivity contribution in [3.05, 3.63) is 34.9 Å². The van der Waals surface area contributed by atoms with Gasteiger partial charge < -0.3 is 15.7 Å². The molecule has 98 valence electrons. The first kappa shape index (κ1) is 14.3. The largest absolute Gasteiger partial charge is 0.480 e. The summed E-state index contributed by atoms with van der Waals surface area (Å²) in [6.07, 6.45) is 0.333. The maximum atomic E-state index is 11.5. The Bertz CT molecular complexity index is 437. The number of carboxylic acids is 1. The monoisotopic (exact) mass is 270 g/mol. The molecule has 1 aromatic carbocycles. The smallest absolute Gasteiger partial charge is 0.326 e. The Kier molecular flexibility index (Phi) is 5.45. The number of halogens is 1. The molecule has 0 aromatic heterocycles. The van der Waals surface area contributed by atoms with Crippen molar-refractivity contribution in [2.75, 3.05) is 0 Å². The molecule has 1 rings (SSSR count). The zero-order valence-electron chi connectivity index (χ0n) is 9.94. The van der Waals surface area contributed by atoms with Crippen LogP contribution in [0.3, 0.4) is 0 Å². The topological polar surface area (TPSA) is 78.4 Å². The van der Waals surface area contributed by atoms with Gasteiger partial charge in [-0.2, -0.15) is 0 Å². The average molecular weight is 271 g/mol. The van der Waals surface area contributed by atoms with Crippen LogP contribution in [0.25, 0.3) is 0 Å². The summed E-state index contributed by atoms with van der Waals surface area (Å²) in [5.74, 6) is -1.05. The maximum absolute atomic E-state index is 11.5. The predicted octanol–water partition coefficient (Wildman–Crippen LogP) is 2.00. The second-order valence-electron chi connectivity index (χ2n) is 3.76. The number of carboxylic acid groups (broad SMARTS) is 1. The summed E-state index contributed by atoms with van der Waals surface area (Å²) in [7, 11) is 0. The van der Waals surface area contributed by atoms with Gasteiger partial charge in [-0.05, 0) is 24.1 Å². The van der Waals surface area contributed by atoms with Crippen LogP contribution in [0.2, 0.25) is 5.02 Å². The van der Waals surface area contributed by atoms with Gasteiger partial charge in [0.2, 0.25) is 0 Å². The Morgan fingerprint density at radius 1 is 1.44 bits per heavy atom. The summed E-state index contributed by atoms with van der Waals surface area (Å²) >= 11 is 5.80. The van der Waals surface area contributed by atoms with Crippen LogP contribution in [-0.4, -0.2) is 23.1 Å². The lowest BCUT2D eigenvalue weighted by molar-refractivity contribution is -0.139. The average Bonchev–Trinajstić information content (AvgIpc) is 2.33. The minimum atomic E-state index is -1.05. The van der Waals surface area contributed by atoms with Gasteiger partial charge in [0, 0.05) is 11.6 Å². The molecule has 0 heterocycles. The molecular formula is C12H15ClN2O3. The maximum Gasteiger partial charge on any atom is 0.326 e. The van der Waals surface area contributed by atoms with E-state index in [9.17, 15) is 9.59 Å². The molecule has 3 N–H and O–H groups in total. The van der Waals surface area contributed by atoms with E-state index in [0.29, 0.717) is 18.0 Å². The third-order valence-corrected chi connectivity index (χ3v) is 2.59. The second-order valence-corrected chi connectivity index (χ2v) is 4.19. The van der Waals surface area contributed by atoms with Gasteiger partial charge in [-0.3, -0.25) is 0 Å². The van der Waals surface area contributed by atoms with E-state index in [1.54, 1.807) is 25.1 Å². The van der Waals surface area contributed by atoms with E-state index in [0.717, 1.165) is 5.56 Å². The molecule has 6 heteroatoms. The lowest BCUT2D eigenvalue weighted by Crippen LogP contribution is -2.45. The van der Waals surface area contributed by atoms with E-state index < -0.39 is 18.0 Å². The quantitative estimate of drug-likeness (QED) is 0.766. The molecule has 0 radical (unpaired) electrons. The van der Waals surface area contributed by atoms with Gasteiger partial charge in [0.05, 0.1) is 0 Å². The standard InChI is InChI=1S/C12H15ClN2O3/c1-2-10(11(16)17)15-12(18)14-7-8-4-3-5-9(13)6-8/h3-6,10H,2,7H2,1H3,(H,16,17)(H2,14,15,18). The molecule has 1 unspecified atom stereocenters. The molecule has 0 spiro atoms. The van der Waals surface area contributed by atoms with Gasteiger partial charge in [0.25, 0.3) is 0 Å². The first-order chi connectivity index (χ1) is 8.52. The van der Waals surface area contributed by atoms with Crippen LogP contribution in [-0.2, 0) is 11.3 Å². The van der Waals surface area contributed by atoms with E-state index in [1.165, 1.54) is 0 Å². The van der Waals surface area contributed by atoms with Crippen LogP contribution < -0.4 is 10.6 Å². The third-order valence-electron chi connectivity index (χ3n) is 2.35. The molecule has 0 aliphatic carbocycles. The molecule has 18 heavy (non-hydrogen) atoms. The number of carbonyl (C=O) groups excluding carboxylic acids is 1. The first-order valence-electron chi connectivity index (χ1n) is 5.54. The Labute approximate surface area is 110 Å². The number of carbonyl (C=O) groups is 2. The van der Waals surface area contributed by atoms with Crippen molar-refractivity contribution in [3.63, 3.8) is 0 Å². The molecule has 1 atom stereocenters. The summed E-state index contributed by atoms with van der Waals surface area (Å²) in [5.41, 5.74) is 0.848. The van der Waals surface area contributed by atoms with Crippen LogP contribution in [0.1, 0.15) is 18.9 Å². The fourth-order valence-electron chi connectivity index (χ4n) is 1.38. The van der Waals surface area contributed by atoms with Crippen molar-refractivity contribution < 1.29 is 14.7 Å². The Morgan fingerprint density at radius 2 is 2.17 bits per heavy atom. The Morgan fingerprint density at radius 3 is 2.72 bits per heavy atom.